The van der Waals surface area contributed by atoms with Gasteiger partial charge in [0.2, 0.25) is 0 Å². The van der Waals surface area contributed by atoms with Crippen LogP contribution in [0.5, 0.6) is 0 Å². The maximum atomic E-state index is 9.98. The summed E-state index contributed by atoms with van der Waals surface area (Å²) in [6.45, 7) is 1.97. The molecule has 3 unspecified atom stereocenters. The number of aromatic nitrogens is 2. The first-order chi connectivity index (χ1) is 8.83. The monoisotopic (exact) mass is 261 g/mol. The van der Waals surface area contributed by atoms with Crippen molar-refractivity contribution in [3.05, 3.63) is 17.8 Å². The largest absolute Gasteiger partial charge is 0.393 e. The van der Waals surface area contributed by atoms with E-state index in [4.69, 9.17) is 0 Å². The van der Waals surface area contributed by atoms with Crippen LogP contribution in [0, 0.1) is 11.8 Å². The van der Waals surface area contributed by atoms with E-state index in [0.29, 0.717) is 11.8 Å². The van der Waals surface area contributed by atoms with Gasteiger partial charge in [-0.2, -0.15) is 0 Å². The Kier molecular flexibility index (Phi) is 2.32. The van der Waals surface area contributed by atoms with Crippen LogP contribution in [0.15, 0.2) is 17.8 Å². The molecule has 2 fully saturated rings. The Bertz CT molecular complexity index is 584. The highest BCUT2D eigenvalue weighted by Gasteiger charge is 2.42. The minimum absolute atomic E-state index is 0.110. The SMILES string of the molecule is OC1CCC2CN(c3ncnc4ccsc34)CC12. The van der Waals surface area contributed by atoms with E-state index in [1.54, 1.807) is 17.7 Å². The fourth-order valence-electron chi connectivity index (χ4n) is 3.41. The summed E-state index contributed by atoms with van der Waals surface area (Å²) in [5, 5.41) is 12.0. The van der Waals surface area contributed by atoms with E-state index in [9.17, 15) is 5.11 Å². The molecule has 0 aromatic carbocycles. The highest BCUT2D eigenvalue weighted by Crippen LogP contribution is 2.41. The van der Waals surface area contributed by atoms with Gasteiger partial charge in [0.05, 0.1) is 16.3 Å². The summed E-state index contributed by atoms with van der Waals surface area (Å²) in [6.07, 6.45) is 3.66. The third-order valence-corrected chi connectivity index (χ3v) is 5.24. The number of fused-ring (bicyclic) bond motifs is 2. The molecule has 1 N–H and O–H groups in total. The molecule has 0 amide bonds. The van der Waals surface area contributed by atoms with Crippen LogP contribution in [-0.2, 0) is 0 Å². The molecule has 0 bridgehead atoms. The van der Waals surface area contributed by atoms with Gasteiger partial charge in [-0.3, -0.25) is 0 Å². The summed E-state index contributed by atoms with van der Waals surface area (Å²) in [5.74, 6) is 2.14. The average Bonchev–Trinajstić information content (AvgIpc) is 3.06. The molecule has 4 rings (SSSR count). The molecule has 4 nitrogen and oxygen atoms in total. The van der Waals surface area contributed by atoms with Crippen LogP contribution in [0.2, 0.25) is 0 Å². The molecule has 2 aromatic heterocycles. The molecule has 0 spiro atoms. The number of nitrogens with zero attached hydrogens (tertiary/aromatic N) is 3. The Balaban J connectivity index is 1.70. The molecular weight excluding hydrogens is 246 g/mol. The maximum absolute atomic E-state index is 9.98. The molecule has 18 heavy (non-hydrogen) atoms. The van der Waals surface area contributed by atoms with Gasteiger partial charge in [0.25, 0.3) is 0 Å². The van der Waals surface area contributed by atoms with E-state index < -0.39 is 0 Å². The summed E-state index contributed by atoms with van der Waals surface area (Å²) >= 11 is 1.70. The fraction of sp³-hybridized carbons (Fsp3) is 0.538. The van der Waals surface area contributed by atoms with Gasteiger partial charge in [-0.25, -0.2) is 9.97 Å². The molecular formula is C13H15N3OS. The zero-order valence-electron chi connectivity index (χ0n) is 9.99. The first kappa shape index (κ1) is 10.7. The molecule has 94 valence electrons. The molecule has 3 atom stereocenters. The lowest BCUT2D eigenvalue weighted by molar-refractivity contribution is 0.133. The zero-order chi connectivity index (χ0) is 12.1. The first-order valence-corrected chi connectivity index (χ1v) is 7.32. The second-order valence-corrected chi connectivity index (χ2v) is 6.22. The molecule has 3 heterocycles. The van der Waals surface area contributed by atoms with Crippen molar-refractivity contribution in [3.63, 3.8) is 0 Å². The van der Waals surface area contributed by atoms with Crippen molar-refractivity contribution in [2.75, 3.05) is 18.0 Å². The number of rotatable bonds is 1. The van der Waals surface area contributed by atoms with Crippen molar-refractivity contribution in [1.29, 1.82) is 0 Å². The van der Waals surface area contributed by atoms with E-state index in [-0.39, 0.29) is 6.10 Å². The second kappa shape index (κ2) is 3.90. The smallest absolute Gasteiger partial charge is 0.150 e. The van der Waals surface area contributed by atoms with Crippen molar-refractivity contribution in [3.8, 4) is 0 Å². The maximum Gasteiger partial charge on any atom is 0.150 e. The molecule has 1 aliphatic heterocycles. The molecule has 1 saturated carbocycles. The van der Waals surface area contributed by atoms with Crippen LogP contribution in [-0.4, -0.2) is 34.3 Å². The molecule has 5 heteroatoms. The minimum Gasteiger partial charge on any atom is -0.393 e. The van der Waals surface area contributed by atoms with Crippen molar-refractivity contribution in [2.24, 2.45) is 11.8 Å². The van der Waals surface area contributed by atoms with Gasteiger partial charge in [-0.1, -0.05) is 0 Å². The Labute approximate surface area is 109 Å². The summed E-state index contributed by atoms with van der Waals surface area (Å²) in [6, 6.07) is 2.04. The minimum atomic E-state index is -0.110. The zero-order valence-corrected chi connectivity index (χ0v) is 10.8. The number of aliphatic hydroxyl groups excluding tert-OH is 1. The van der Waals surface area contributed by atoms with Crippen molar-refractivity contribution in [1.82, 2.24) is 9.97 Å². The van der Waals surface area contributed by atoms with Crippen LogP contribution in [0.4, 0.5) is 5.82 Å². The Morgan fingerprint density at radius 3 is 3.11 bits per heavy atom. The van der Waals surface area contributed by atoms with Crippen molar-refractivity contribution in [2.45, 2.75) is 18.9 Å². The second-order valence-electron chi connectivity index (χ2n) is 5.31. The number of hydrogen-bond acceptors (Lipinski definition) is 5. The first-order valence-electron chi connectivity index (χ1n) is 6.44. The highest BCUT2D eigenvalue weighted by molar-refractivity contribution is 7.17. The third kappa shape index (κ3) is 1.47. The van der Waals surface area contributed by atoms with Gasteiger partial charge in [-0.15, -0.1) is 11.3 Å². The predicted octanol–water partition coefficient (Wildman–Crippen LogP) is 1.90. The Morgan fingerprint density at radius 1 is 1.28 bits per heavy atom. The Morgan fingerprint density at radius 2 is 2.22 bits per heavy atom. The normalized spacial score (nSPS) is 31.2. The van der Waals surface area contributed by atoms with Crippen LogP contribution < -0.4 is 4.90 Å². The average molecular weight is 261 g/mol. The van der Waals surface area contributed by atoms with Crippen molar-refractivity contribution >= 4 is 27.4 Å². The summed E-state index contributed by atoms with van der Waals surface area (Å²) in [7, 11) is 0. The fourth-order valence-corrected chi connectivity index (χ4v) is 4.27. The molecule has 2 aromatic rings. The molecule has 0 radical (unpaired) electrons. The lowest BCUT2D eigenvalue weighted by Crippen LogP contribution is -2.25. The van der Waals surface area contributed by atoms with E-state index >= 15 is 0 Å². The van der Waals surface area contributed by atoms with E-state index in [1.807, 2.05) is 6.07 Å². The topological polar surface area (TPSA) is 49.2 Å². The Hall–Kier alpha value is -1.20. The van der Waals surface area contributed by atoms with Gasteiger partial charge >= 0.3 is 0 Å². The lowest BCUT2D eigenvalue weighted by Gasteiger charge is -2.19. The number of thiophene rings is 1. The van der Waals surface area contributed by atoms with E-state index in [0.717, 1.165) is 37.3 Å². The van der Waals surface area contributed by atoms with Gasteiger partial charge < -0.3 is 10.0 Å². The van der Waals surface area contributed by atoms with E-state index in [2.05, 4.69) is 20.2 Å². The lowest BCUT2D eigenvalue weighted by atomic mass is 10.00. The highest BCUT2D eigenvalue weighted by atomic mass is 32.1. The number of anilines is 1. The van der Waals surface area contributed by atoms with Crippen molar-refractivity contribution < 1.29 is 5.11 Å². The molecule has 2 aliphatic rings. The summed E-state index contributed by atoms with van der Waals surface area (Å²) in [5.41, 5.74) is 1.03. The standard InChI is InChI=1S/C13H15N3OS/c17-11-2-1-8-5-16(6-9(8)11)13-12-10(3-4-18-12)14-7-15-13/h3-4,7-9,11,17H,1-2,5-6H2. The van der Waals surface area contributed by atoms with E-state index in [1.165, 1.54) is 4.70 Å². The van der Waals surface area contributed by atoms with Crippen LogP contribution in [0.3, 0.4) is 0 Å². The third-order valence-electron chi connectivity index (χ3n) is 4.34. The van der Waals surface area contributed by atoms with Gasteiger partial charge in [0.15, 0.2) is 0 Å². The van der Waals surface area contributed by atoms with Crippen LogP contribution >= 0.6 is 11.3 Å². The molecule has 1 saturated heterocycles. The van der Waals surface area contributed by atoms with Crippen LogP contribution in [0.25, 0.3) is 10.2 Å². The van der Waals surface area contributed by atoms with Gasteiger partial charge in [0.1, 0.15) is 12.1 Å². The summed E-state index contributed by atoms with van der Waals surface area (Å²) < 4.78 is 1.17. The summed E-state index contributed by atoms with van der Waals surface area (Å²) in [4.78, 5) is 11.1. The molecule has 1 aliphatic carbocycles. The predicted molar refractivity (Wildman–Crippen MR) is 71.8 cm³/mol. The quantitative estimate of drug-likeness (QED) is 0.852. The number of hydrogen-bond donors (Lipinski definition) is 1. The van der Waals surface area contributed by atoms with Crippen LogP contribution in [0.1, 0.15) is 12.8 Å². The van der Waals surface area contributed by atoms with Gasteiger partial charge in [0, 0.05) is 19.0 Å². The van der Waals surface area contributed by atoms with Gasteiger partial charge in [-0.05, 0) is 30.2 Å². The number of aliphatic hydroxyl groups is 1.